The molecule has 1 amide bonds. The van der Waals surface area contributed by atoms with E-state index in [1.54, 1.807) is 30.3 Å². The molecule has 2 unspecified atom stereocenters. The van der Waals surface area contributed by atoms with Gasteiger partial charge in [-0.2, -0.15) is 13.2 Å². The summed E-state index contributed by atoms with van der Waals surface area (Å²) in [6, 6.07) is 32.3. The molecule has 2 heterocycles. The van der Waals surface area contributed by atoms with Gasteiger partial charge in [0, 0.05) is 18.7 Å². The number of alkyl halides is 3. The number of carbonyl (C=O) groups excluding carboxylic acids is 1. The highest BCUT2D eigenvalue weighted by Gasteiger charge is 2.39. The molecule has 8 heteroatoms. The number of nitrogens with two attached hydrogens (primary N) is 1. The number of amides is 1. The smallest absolute Gasteiger partial charge is 0.341 e. The molecule has 5 nitrogen and oxygen atoms in total. The van der Waals surface area contributed by atoms with Crippen LogP contribution in [-0.4, -0.2) is 56.0 Å². The molecular weight excluding hydrogens is 585 g/mol. The summed E-state index contributed by atoms with van der Waals surface area (Å²) in [6.07, 6.45) is -0.530. The molecule has 4 aromatic carbocycles. The lowest BCUT2D eigenvalue weighted by Crippen LogP contribution is -2.55. The fraction of sp³-hybridized carbons (Fsp3) is 0.342. The summed E-state index contributed by atoms with van der Waals surface area (Å²) >= 11 is 0. The Morgan fingerprint density at radius 2 is 1.28 bits per heavy atom. The van der Waals surface area contributed by atoms with Gasteiger partial charge >= 0.3 is 6.18 Å². The summed E-state index contributed by atoms with van der Waals surface area (Å²) in [5, 5.41) is 3.20. The van der Waals surface area contributed by atoms with Gasteiger partial charge in [-0.1, -0.05) is 91.0 Å². The molecule has 0 aromatic heterocycles. The largest absolute Gasteiger partial charge is 0.416 e. The van der Waals surface area contributed by atoms with E-state index < -0.39 is 17.3 Å². The standard InChI is InChI=1S/C26H25F3N2O.C12H18N2/c1-31-16-8-15-25(18-31,20-11-6-3-7-12-20)30-24(32)22-14-13-21(26(27,28)29)17-23(22)19-9-4-2-5-10-19;1-14-9-5-8-12(13,10-14)11-6-3-2-4-7-11/h2-7,9-14,17H,8,15-16,18H2,1H3,(H,30,32);2-4,6-7H,5,8-10,13H2,1H3. The van der Waals surface area contributed by atoms with Crippen molar-refractivity contribution in [3.05, 3.63) is 131 Å². The summed E-state index contributed by atoms with van der Waals surface area (Å²) in [6.45, 7) is 3.70. The third-order valence-corrected chi connectivity index (χ3v) is 9.10. The molecule has 3 N–H and O–H groups in total. The molecule has 2 saturated heterocycles. The minimum atomic E-state index is -4.49. The monoisotopic (exact) mass is 628 g/mol. The van der Waals surface area contributed by atoms with E-state index in [1.807, 2.05) is 43.4 Å². The van der Waals surface area contributed by atoms with Crippen molar-refractivity contribution in [1.29, 1.82) is 0 Å². The highest BCUT2D eigenvalue weighted by atomic mass is 19.4. The third kappa shape index (κ3) is 7.86. The Kier molecular flexibility index (Phi) is 10.3. The van der Waals surface area contributed by atoms with E-state index in [4.69, 9.17) is 5.73 Å². The van der Waals surface area contributed by atoms with Crippen LogP contribution in [0.2, 0.25) is 0 Å². The predicted octanol–water partition coefficient (Wildman–Crippen LogP) is 7.29. The molecule has 2 atom stereocenters. The van der Waals surface area contributed by atoms with Crippen LogP contribution in [0.1, 0.15) is 52.7 Å². The number of nitrogens with zero attached hydrogens (tertiary/aromatic N) is 2. The molecule has 4 aromatic rings. The van der Waals surface area contributed by atoms with Crippen LogP contribution in [0.15, 0.2) is 109 Å². The predicted molar refractivity (Wildman–Crippen MR) is 178 cm³/mol. The Bertz CT molecular complexity index is 1580. The lowest BCUT2D eigenvalue weighted by Gasteiger charge is -2.42. The van der Waals surface area contributed by atoms with Crippen molar-refractivity contribution in [2.24, 2.45) is 5.73 Å². The first kappa shape index (κ1) is 33.4. The first-order chi connectivity index (χ1) is 22.0. The SMILES string of the molecule is CN1CCCC(N)(c2ccccc2)C1.CN1CCCC(NC(=O)c2ccc(C(F)(F)F)cc2-c2ccccc2)(c2ccccc2)C1. The van der Waals surface area contributed by atoms with Crippen molar-refractivity contribution in [2.75, 3.05) is 40.3 Å². The summed E-state index contributed by atoms with van der Waals surface area (Å²) in [7, 11) is 4.15. The maximum Gasteiger partial charge on any atom is 0.416 e. The van der Waals surface area contributed by atoms with Crippen LogP contribution in [-0.2, 0) is 17.3 Å². The molecular formula is C38H43F3N4O. The van der Waals surface area contributed by atoms with Crippen LogP contribution in [0.3, 0.4) is 0 Å². The highest BCUT2D eigenvalue weighted by Crippen LogP contribution is 2.36. The summed E-state index contributed by atoms with van der Waals surface area (Å²) in [5.74, 6) is -0.378. The molecule has 0 aliphatic carbocycles. The summed E-state index contributed by atoms with van der Waals surface area (Å²) in [4.78, 5) is 18.0. The maximum absolute atomic E-state index is 13.5. The number of rotatable bonds is 5. The number of piperidine rings is 2. The minimum Gasteiger partial charge on any atom is -0.341 e. The van der Waals surface area contributed by atoms with E-state index in [0.29, 0.717) is 12.1 Å². The Labute approximate surface area is 270 Å². The number of hydrogen-bond donors (Lipinski definition) is 2. The first-order valence-corrected chi connectivity index (χ1v) is 15.9. The van der Waals surface area contributed by atoms with E-state index in [2.05, 4.69) is 46.4 Å². The van der Waals surface area contributed by atoms with Gasteiger partial charge in [0.2, 0.25) is 0 Å². The van der Waals surface area contributed by atoms with Crippen molar-refractivity contribution in [1.82, 2.24) is 15.1 Å². The van der Waals surface area contributed by atoms with Gasteiger partial charge in [0.15, 0.2) is 0 Å². The molecule has 2 aliphatic rings. The van der Waals surface area contributed by atoms with Crippen LogP contribution < -0.4 is 11.1 Å². The Balaban J connectivity index is 0.000000247. The van der Waals surface area contributed by atoms with Crippen LogP contribution in [0, 0.1) is 0 Å². The van der Waals surface area contributed by atoms with Crippen molar-refractivity contribution >= 4 is 5.91 Å². The second-order valence-electron chi connectivity index (χ2n) is 12.7. The molecule has 0 radical (unpaired) electrons. The van der Waals surface area contributed by atoms with Crippen LogP contribution in [0.5, 0.6) is 0 Å². The molecule has 0 bridgehead atoms. The maximum atomic E-state index is 13.5. The Hall–Kier alpha value is -3.98. The number of carbonyl (C=O) groups is 1. The van der Waals surface area contributed by atoms with Gasteiger partial charge in [-0.25, -0.2) is 0 Å². The molecule has 242 valence electrons. The number of likely N-dealkylation sites (N-methyl/N-ethyl adjacent to an activating group) is 2. The topological polar surface area (TPSA) is 61.6 Å². The first-order valence-electron chi connectivity index (χ1n) is 15.9. The van der Waals surface area contributed by atoms with Gasteiger partial charge in [0.25, 0.3) is 5.91 Å². The second-order valence-corrected chi connectivity index (χ2v) is 12.7. The molecule has 0 saturated carbocycles. The molecule has 0 spiro atoms. The van der Waals surface area contributed by atoms with E-state index >= 15 is 0 Å². The van der Waals surface area contributed by atoms with E-state index in [0.717, 1.165) is 50.0 Å². The quantitative estimate of drug-likeness (QED) is 0.244. The molecule has 6 rings (SSSR count). The minimum absolute atomic E-state index is 0.131. The van der Waals surface area contributed by atoms with Crippen LogP contribution in [0.4, 0.5) is 13.2 Å². The zero-order valence-corrected chi connectivity index (χ0v) is 26.6. The molecule has 46 heavy (non-hydrogen) atoms. The number of hydrogen-bond acceptors (Lipinski definition) is 4. The second kappa shape index (κ2) is 14.2. The van der Waals surface area contributed by atoms with Crippen LogP contribution >= 0.6 is 0 Å². The van der Waals surface area contributed by atoms with Gasteiger partial charge in [-0.05, 0) is 93.3 Å². The molecule has 2 aliphatic heterocycles. The van der Waals surface area contributed by atoms with Crippen molar-refractivity contribution < 1.29 is 18.0 Å². The van der Waals surface area contributed by atoms with Crippen molar-refractivity contribution in [3.8, 4) is 11.1 Å². The zero-order chi connectivity index (χ0) is 32.8. The van der Waals surface area contributed by atoms with Crippen LogP contribution in [0.25, 0.3) is 11.1 Å². The Morgan fingerprint density at radius 3 is 1.85 bits per heavy atom. The number of benzene rings is 4. The normalized spacial score (nSPS) is 22.4. The fourth-order valence-corrected chi connectivity index (χ4v) is 6.81. The highest BCUT2D eigenvalue weighted by molar-refractivity contribution is 6.01. The summed E-state index contributed by atoms with van der Waals surface area (Å²) in [5.41, 5.74) is 8.24. The summed E-state index contributed by atoms with van der Waals surface area (Å²) < 4.78 is 40.2. The lowest BCUT2D eigenvalue weighted by molar-refractivity contribution is -0.137. The fourth-order valence-electron chi connectivity index (χ4n) is 6.81. The van der Waals surface area contributed by atoms with E-state index in [-0.39, 0.29) is 22.6 Å². The average molecular weight is 629 g/mol. The number of nitrogens with one attached hydrogen (secondary N) is 1. The van der Waals surface area contributed by atoms with Gasteiger partial charge in [0.1, 0.15) is 0 Å². The number of halogens is 3. The van der Waals surface area contributed by atoms with Crippen molar-refractivity contribution in [2.45, 2.75) is 42.9 Å². The van der Waals surface area contributed by atoms with Crippen molar-refractivity contribution in [3.63, 3.8) is 0 Å². The van der Waals surface area contributed by atoms with E-state index in [1.165, 1.54) is 24.6 Å². The van der Waals surface area contributed by atoms with Gasteiger partial charge in [-0.15, -0.1) is 0 Å². The van der Waals surface area contributed by atoms with Gasteiger partial charge in [-0.3, -0.25) is 4.79 Å². The average Bonchev–Trinajstić information content (AvgIpc) is 3.05. The Morgan fingerprint density at radius 1 is 0.739 bits per heavy atom. The third-order valence-electron chi connectivity index (χ3n) is 9.10. The number of likely N-dealkylation sites (tertiary alicyclic amines) is 2. The van der Waals surface area contributed by atoms with Gasteiger partial charge < -0.3 is 20.9 Å². The van der Waals surface area contributed by atoms with Gasteiger partial charge in [0.05, 0.1) is 16.6 Å². The zero-order valence-electron chi connectivity index (χ0n) is 26.6. The van der Waals surface area contributed by atoms with E-state index in [9.17, 15) is 18.0 Å². The molecule has 2 fully saturated rings. The lowest BCUT2D eigenvalue weighted by atomic mass is 9.81.